The van der Waals surface area contributed by atoms with Crippen LogP contribution < -0.4 is 5.32 Å². The van der Waals surface area contributed by atoms with Gasteiger partial charge in [-0.25, -0.2) is 0 Å². The number of hydrogen-bond donors (Lipinski definition) is 2. The number of anilines is 1. The Morgan fingerprint density at radius 3 is 2.93 bits per heavy atom. The highest BCUT2D eigenvalue weighted by Gasteiger charge is 2.13. The Morgan fingerprint density at radius 1 is 1.40 bits per heavy atom. The Labute approximate surface area is 90.3 Å². The van der Waals surface area contributed by atoms with E-state index in [-0.39, 0.29) is 6.61 Å². The SMILES string of the molecule is OCCn1cc(NC2CCCCC2)cn1. The first-order chi connectivity index (χ1) is 7.38. The van der Waals surface area contributed by atoms with E-state index in [1.807, 2.05) is 12.4 Å². The van der Waals surface area contributed by atoms with Crippen LogP contribution in [0.25, 0.3) is 0 Å². The van der Waals surface area contributed by atoms with E-state index < -0.39 is 0 Å². The molecule has 0 unspecified atom stereocenters. The summed E-state index contributed by atoms with van der Waals surface area (Å²) in [7, 11) is 0. The summed E-state index contributed by atoms with van der Waals surface area (Å²) in [5, 5.41) is 16.4. The van der Waals surface area contributed by atoms with Crippen LogP contribution in [0.3, 0.4) is 0 Å². The molecule has 0 aromatic carbocycles. The standard InChI is InChI=1S/C11H19N3O/c15-7-6-14-9-11(8-12-14)13-10-4-2-1-3-5-10/h8-10,13,15H,1-7H2. The van der Waals surface area contributed by atoms with Gasteiger partial charge in [-0.15, -0.1) is 0 Å². The molecule has 1 heterocycles. The molecule has 0 aliphatic heterocycles. The fraction of sp³-hybridized carbons (Fsp3) is 0.727. The van der Waals surface area contributed by atoms with Gasteiger partial charge in [0.2, 0.25) is 0 Å². The van der Waals surface area contributed by atoms with Crippen molar-refractivity contribution in [3.05, 3.63) is 12.4 Å². The highest BCUT2D eigenvalue weighted by Crippen LogP contribution is 2.21. The topological polar surface area (TPSA) is 50.1 Å². The van der Waals surface area contributed by atoms with Gasteiger partial charge in [-0.05, 0) is 12.8 Å². The van der Waals surface area contributed by atoms with Crippen molar-refractivity contribution in [1.29, 1.82) is 0 Å². The largest absolute Gasteiger partial charge is 0.394 e. The normalized spacial score (nSPS) is 17.9. The average molecular weight is 209 g/mol. The third-order valence-electron chi connectivity index (χ3n) is 2.94. The van der Waals surface area contributed by atoms with Crippen LogP contribution in [0, 0.1) is 0 Å². The Kier molecular flexibility index (Phi) is 3.61. The summed E-state index contributed by atoms with van der Waals surface area (Å²) < 4.78 is 1.77. The van der Waals surface area contributed by atoms with Crippen LogP contribution in [0.5, 0.6) is 0 Å². The van der Waals surface area contributed by atoms with Gasteiger partial charge in [0, 0.05) is 12.2 Å². The molecule has 1 saturated carbocycles. The Morgan fingerprint density at radius 2 is 2.20 bits per heavy atom. The molecule has 1 aromatic rings. The van der Waals surface area contributed by atoms with Gasteiger partial charge < -0.3 is 10.4 Å². The quantitative estimate of drug-likeness (QED) is 0.792. The monoisotopic (exact) mass is 209 g/mol. The molecule has 0 saturated heterocycles. The van der Waals surface area contributed by atoms with Crippen LogP contribution in [-0.2, 0) is 6.54 Å². The second-order valence-corrected chi connectivity index (χ2v) is 4.19. The molecule has 1 aliphatic carbocycles. The first kappa shape index (κ1) is 10.5. The van der Waals surface area contributed by atoms with Crippen molar-refractivity contribution in [2.75, 3.05) is 11.9 Å². The van der Waals surface area contributed by atoms with Crippen molar-refractivity contribution in [3.63, 3.8) is 0 Å². The lowest BCUT2D eigenvalue weighted by molar-refractivity contribution is 0.269. The van der Waals surface area contributed by atoms with E-state index in [1.165, 1.54) is 32.1 Å². The van der Waals surface area contributed by atoms with Gasteiger partial charge in [-0.1, -0.05) is 19.3 Å². The van der Waals surface area contributed by atoms with Gasteiger partial charge in [0.15, 0.2) is 0 Å². The molecule has 2 N–H and O–H groups in total. The third kappa shape index (κ3) is 2.96. The first-order valence-corrected chi connectivity index (χ1v) is 5.78. The summed E-state index contributed by atoms with van der Waals surface area (Å²) in [6.45, 7) is 0.719. The molecule has 1 aromatic heterocycles. The molecule has 0 radical (unpaired) electrons. The molecule has 0 atom stereocenters. The lowest BCUT2D eigenvalue weighted by Gasteiger charge is -2.22. The van der Waals surface area contributed by atoms with E-state index >= 15 is 0 Å². The summed E-state index contributed by atoms with van der Waals surface area (Å²) in [6.07, 6.45) is 10.4. The zero-order valence-electron chi connectivity index (χ0n) is 9.02. The molecule has 0 spiro atoms. The number of aliphatic hydroxyl groups is 1. The molecular formula is C11H19N3O. The second kappa shape index (κ2) is 5.16. The van der Waals surface area contributed by atoms with E-state index in [0.717, 1.165) is 5.69 Å². The van der Waals surface area contributed by atoms with Gasteiger partial charge >= 0.3 is 0 Å². The zero-order valence-corrected chi connectivity index (χ0v) is 9.02. The number of aliphatic hydroxyl groups excluding tert-OH is 1. The fourth-order valence-electron chi connectivity index (χ4n) is 2.15. The third-order valence-corrected chi connectivity index (χ3v) is 2.94. The van der Waals surface area contributed by atoms with Crippen LogP contribution >= 0.6 is 0 Å². The molecule has 4 heteroatoms. The van der Waals surface area contributed by atoms with Gasteiger partial charge in [-0.2, -0.15) is 5.10 Å². The zero-order chi connectivity index (χ0) is 10.5. The van der Waals surface area contributed by atoms with Crippen LogP contribution in [0.2, 0.25) is 0 Å². The maximum Gasteiger partial charge on any atom is 0.0728 e. The molecule has 0 bridgehead atoms. The number of nitrogens with zero attached hydrogens (tertiary/aromatic N) is 2. The summed E-state index contributed by atoms with van der Waals surface area (Å²) in [4.78, 5) is 0. The van der Waals surface area contributed by atoms with Crippen LogP contribution in [0.1, 0.15) is 32.1 Å². The molecule has 2 rings (SSSR count). The fourth-order valence-corrected chi connectivity index (χ4v) is 2.15. The van der Waals surface area contributed by atoms with Crippen molar-refractivity contribution < 1.29 is 5.11 Å². The summed E-state index contributed by atoms with van der Waals surface area (Å²) >= 11 is 0. The van der Waals surface area contributed by atoms with Crippen molar-refractivity contribution in [1.82, 2.24) is 9.78 Å². The number of rotatable bonds is 4. The van der Waals surface area contributed by atoms with Gasteiger partial charge in [0.25, 0.3) is 0 Å². The van der Waals surface area contributed by atoms with Crippen LogP contribution in [-0.4, -0.2) is 27.5 Å². The van der Waals surface area contributed by atoms with E-state index in [0.29, 0.717) is 12.6 Å². The predicted molar refractivity (Wildman–Crippen MR) is 59.8 cm³/mol. The lowest BCUT2D eigenvalue weighted by Crippen LogP contribution is -2.21. The molecule has 0 amide bonds. The van der Waals surface area contributed by atoms with Gasteiger partial charge in [0.1, 0.15) is 0 Å². The van der Waals surface area contributed by atoms with E-state index in [1.54, 1.807) is 4.68 Å². The highest BCUT2D eigenvalue weighted by molar-refractivity contribution is 5.39. The Bertz CT molecular complexity index is 292. The second-order valence-electron chi connectivity index (χ2n) is 4.19. The van der Waals surface area contributed by atoms with E-state index in [9.17, 15) is 0 Å². The minimum absolute atomic E-state index is 0.143. The average Bonchev–Trinajstić information content (AvgIpc) is 2.68. The van der Waals surface area contributed by atoms with Gasteiger partial charge in [-0.3, -0.25) is 4.68 Å². The summed E-state index contributed by atoms with van der Waals surface area (Å²) in [5.41, 5.74) is 1.08. The Hall–Kier alpha value is -1.03. The molecule has 84 valence electrons. The number of hydrogen-bond acceptors (Lipinski definition) is 3. The Balaban J connectivity index is 1.86. The van der Waals surface area contributed by atoms with Crippen molar-refractivity contribution in [2.45, 2.75) is 44.7 Å². The summed E-state index contributed by atoms with van der Waals surface area (Å²) in [6, 6.07) is 0.616. The smallest absolute Gasteiger partial charge is 0.0728 e. The van der Waals surface area contributed by atoms with Gasteiger partial charge in [0.05, 0.1) is 25.0 Å². The summed E-state index contributed by atoms with van der Waals surface area (Å²) in [5.74, 6) is 0. The maximum atomic E-state index is 8.77. The molecular weight excluding hydrogens is 190 g/mol. The van der Waals surface area contributed by atoms with Crippen LogP contribution in [0.4, 0.5) is 5.69 Å². The van der Waals surface area contributed by atoms with E-state index in [2.05, 4.69) is 10.4 Å². The molecule has 15 heavy (non-hydrogen) atoms. The predicted octanol–water partition coefficient (Wildman–Crippen LogP) is 1.62. The minimum atomic E-state index is 0.143. The highest BCUT2D eigenvalue weighted by atomic mass is 16.3. The van der Waals surface area contributed by atoms with Crippen molar-refractivity contribution in [3.8, 4) is 0 Å². The van der Waals surface area contributed by atoms with E-state index in [4.69, 9.17) is 5.11 Å². The van der Waals surface area contributed by atoms with Crippen molar-refractivity contribution in [2.24, 2.45) is 0 Å². The van der Waals surface area contributed by atoms with Crippen LogP contribution in [0.15, 0.2) is 12.4 Å². The molecule has 1 aliphatic rings. The lowest BCUT2D eigenvalue weighted by atomic mass is 9.95. The minimum Gasteiger partial charge on any atom is -0.394 e. The first-order valence-electron chi connectivity index (χ1n) is 5.78. The maximum absolute atomic E-state index is 8.77. The number of nitrogens with one attached hydrogen (secondary N) is 1. The molecule has 1 fully saturated rings. The van der Waals surface area contributed by atoms with Crippen molar-refractivity contribution >= 4 is 5.69 Å². The number of aromatic nitrogens is 2. The molecule has 4 nitrogen and oxygen atoms in total.